The smallest absolute Gasteiger partial charge is 0.227 e. The van der Waals surface area contributed by atoms with E-state index >= 15 is 0 Å². The summed E-state index contributed by atoms with van der Waals surface area (Å²) in [4.78, 5) is 31.5. The van der Waals surface area contributed by atoms with Gasteiger partial charge in [0, 0.05) is 18.8 Å². The standard InChI is InChI=1S/C22H29N3O4/c26-17-6-15(11-23-12-17)7-20(28)25-13-18(29-14-22(25)2-1-3-22)8-19(27)24-16-9-21(10-16)4-5-21/h6,11-12,16,18,26H,1-5,7-10,13-14H2,(H,24,27). The van der Waals surface area contributed by atoms with Crippen molar-refractivity contribution >= 4 is 11.8 Å². The van der Waals surface area contributed by atoms with E-state index < -0.39 is 0 Å². The van der Waals surface area contributed by atoms with Crippen molar-refractivity contribution in [2.45, 2.75) is 75.5 Å². The van der Waals surface area contributed by atoms with E-state index in [0.29, 0.717) is 36.6 Å². The molecule has 1 aromatic rings. The highest BCUT2D eigenvalue weighted by atomic mass is 16.5. The number of rotatable bonds is 5. The van der Waals surface area contributed by atoms with E-state index in [2.05, 4.69) is 10.3 Å². The topological polar surface area (TPSA) is 91.8 Å². The largest absolute Gasteiger partial charge is 0.506 e. The SMILES string of the molecule is O=C(CC1CN(C(=O)Cc2cncc(O)c2)C2(CCC2)CO1)NC1CC2(CC2)C1. The Labute approximate surface area is 170 Å². The molecule has 0 aromatic carbocycles. The van der Waals surface area contributed by atoms with E-state index in [1.165, 1.54) is 19.0 Å². The highest BCUT2D eigenvalue weighted by Crippen LogP contribution is 2.60. The van der Waals surface area contributed by atoms with E-state index in [0.717, 1.165) is 32.1 Å². The third-order valence-corrected chi connectivity index (χ3v) is 7.36. The van der Waals surface area contributed by atoms with Crippen molar-refractivity contribution in [2.24, 2.45) is 5.41 Å². The first-order chi connectivity index (χ1) is 14.0. The van der Waals surface area contributed by atoms with Crippen LogP contribution < -0.4 is 5.32 Å². The van der Waals surface area contributed by atoms with Crippen LogP contribution in [-0.4, -0.2) is 57.6 Å². The van der Waals surface area contributed by atoms with Gasteiger partial charge in [-0.05, 0) is 62.0 Å². The third kappa shape index (κ3) is 3.72. The Balaban J connectivity index is 1.19. The number of nitrogens with one attached hydrogen (secondary N) is 1. The Morgan fingerprint density at radius 3 is 2.69 bits per heavy atom. The minimum atomic E-state index is -0.262. The normalized spacial score (nSPS) is 28.5. The molecular formula is C22H29N3O4. The van der Waals surface area contributed by atoms with E-state index in [4.69, 9.17) is 4.74 Å². The molecule has 29 heavy (non-hydrogen) atoms. The van der Waals surface area contributed by atoms with Crippen molar-refractivity contribution in [3.05, 3.63) is 24.0 Å². The van der Waals surface area contributed by atoms with Gasteiger partial charge in [-0.1, -0.05) is 0 Å². The number of aromatic hydroxyl groups is 1. The maximum Gasteiger partial charge on any atom is 0.227 e. The van der Waals surface area contributed by atoms with Gasteiger partial charge < -0.3 is 20.1 Å². The average molecular weight is 399 g/mol. The van der Waals surface area contributed by atoms with E-state index in [1.54, 1.807) is 12.3 Å². The van der Waals surface area contributed by atoms with Crippen molar-refractivity contribution in [1.82, 2.24) is 15.2 Å². The van der Waals surface area contributed by atoms with Crippen molar-refractivity contribution in [3.63, 3.8) is 0 Å². The van der Waals surface area contributed by atoms with Gasteiger partial charge in [-0.3, -0.25) is 14.6 Å². The fourth-order valence-corrected chi connectivity index (χ4v) is 5.30. The molecule has 4 fully saturated rings. The van der Waals surface area contributed by atoms with Gasteiger partial charge in [-0.25, -0.2) is 0 Å². The summed E-state index contributed by atoms with van der Waals surface area (Å²) in [5, 5.41) is 12.8. The van der Waals surface area contributed by atoms with Crippen LogP contribution in [0.5, 0.6) is 5.75 Å². The Kier molecular flexibility index (Phi) is 4.53. The predicted octanol–water partition coefficient (Wildman–Crippen LogP) is 1.93. The second-order valence-electron chi connectivity index (χ2n) is 9.62. The lowest BCUT2D eigenvalue weighted by Gasteiger charge is -2.54. The van der Waals surface area contributed by atoms with Crippen molar-refractivity contribution < 1.29 is 19.4 Å². The summed E-state index contributed by atoms with van der Waals surface area (Å²) < 4.78 is 6.04. The molecule has 5 rings (SSSR count). The number of hydrogen-bond acceptors (Lipinski definition) is 5. The number of amides is 2. The summed E-state index contributed by atoms with van der Waals surface area (Å²) >= 11 is 0. The minimum Gasteiger partial charge on any atom is -0.506 e. The number of nitrogens with zero attached hydrogens (tertiary/aromatic N) is 2. The van der Waals surface area contributed by atoms with Crippen LogP contribution >= 0.6 is 0 Å². The van der Waals surface area contributed by atoms with E-state index in [1.807, 2.05) is 4.90 Å². The number of carbonyl (C=O) groups excluding carboxylic acids is 2. The van der Waals surface area contributed by atoms with Gasteiger partial charge in [-0.15, -0.1) is 0 Å². The van der Waals surface area contributed by atoms with Gasteiger partial charge in [-0.2, -0.15) is 0 Å². The molecule has 0 bridgehead atoms. The van der Waals surface area contributed by atoms with Crippen LogP contribution in [0.15, 0.2) is 18.5 Å². The number of carbonyl (C=O) groups is 2. The van der Waals surface area contributed by atoms with Gasteiger partial charge in [0.25, 0.3) is 0 Å². The Morgan fingerprint density at radius 2 is 2.03 bits per heavy atom. The van der Waals surface area contributed by atoms with Gasteiger partial charge in [0.1, 0.15) is 5.75 Å². The number of hydrogen-bond donors (Lipinski definition) is 2. The van der Waals surface area contributed by atoms with Gasteiger partial charge in [0.15, 0.2) is 0 Å². The lowest BCUT2D eigenvalue weighted by molar-refractivity contribution is -0.172. The molecule has 1 unspecified atom stereocenters. The zero-order valence-corrected chi connectivity index (χ0v) is 16.7. The molecule has 1 atom stereocenters. The molecule has 156 valence electrons. The first-order valence-corrected chi connectivity index (χ1v) is 10.8. The monoisotopic (exact) mass is 399 g/mol. The molecule has 2 heterocycles. The van der Waals surface area contributed by atoms with Crippen LogP contribution in [0, 0.1) is 5.41 Å². The average Bonchev–Trinajstić information content (AvgIpc) is 3.41. The lowest BCUT2D eigenvalue weighted by Crippen LogP contribution is -2.65. The highest BCUT2D eigenvalue weighted by molar-refractivity contribution is 5.80. The van der Waals surface area contributed by atoms with Crippen molar-refractivity contribution in [2.75, 3.05) is 13.2 Å². The molecule has 2 amide bonds. The number of ether oxygens (including phenoxy) is 1. The highest BCUT2D eigenvalue weighted by Gasteiger charge is 2.53. The summed E-state index contributed by atoms with van der Waals surface area (Å²) in [6, 6.07) is 1.90. The molecule has 3 saturated carbocycles. The Bertz CT molecular complexity index is 810. The summed E-state index contributed by atoms with van der Waals surface area (Å²) in [6.45, 7) is 0.953. The number of morpholine rings is 1. The Hall–Kier alpha value is -2.15. The number of pyridine rings is 1. The molecule has 4 aliphatic rings. The van der Waals surface area contributed by atoms with Crippen LogP contribution in [0.3, 0.4) is 0 Å². The minimum absolute atomic E-state index is 0.0143. The molecule has 0 radical (unpaired) electrons. The van der Waals surface area contributed by atoms with Crippen LogP contribution in [0.1, 0.15) is 56.9 Å². The maximum absolute atomic E-state index is 13.1. The molecule has 3 aliphatic carbocycles. The zero-order chi connectivity index (χ0) is 20.1. The second kappa shape index (κ2) is 6.97. The Morgan fingerprint density at radius 1 is 1.24 bits per heavy atom. The van der Waals surface area contributed by atoms with Gasteiger partial charge in [0.05, 0.1) is 37.3 Å². The summed E-state index contributed by atoms with van der Waals surface area (Å²) in [6.07, 6.45) is 11.1. The van der Waals surface area contributed by atoms with Gasteiger partial charge in [0.2, 0.25) is 11.8 Å². The lowest BCUT2D eigenvalue weighted by atomic mass is 9.74. The van der Waals surface area contributed by atoms with Crippen LogP contribution in [0.4, 0.5) is 0 Å². The molecule has 1 aliphatic heterocycles. The fourth-order valence-electron chi connectivity index (χ4n) is 5.30. The van der Waals surface area contributed by atoms with Crippen molar-refractivity contribution in [1.29, 1.82) is 0 Å². The number of aromatic nitrogens is 1. The molecule has 2 N–H and O–H groups in total. The summed E-state index contributed by atoms with van der Waals surface area (Å²) in [7, 11) is 0. The first-order valence-electron chi connectivity index (χ1n) is 10.8. The molecular weight excluding hydrogens is 370 g/mol. The maximum atomic E-state index is 13.1. The quantitative estimate of drug-likeness (QED) is 0.789. The van der Waals surface area contributed by atoms with Crippen LogP contribution in [-0.2, 0) is 20.7 Å². The van der Waals surface area contributed by atoms with E-state index in [-0.39, 0.29) is 35.6 Å². The van der Waals surface area contributed by atoms with Crippen LogP contribution in [0.25, 0.3) is 0 Å². The molecule has 1 saturated heterocycles. The zero-order valence-electron chi connectivity index (χ0n) is 16.7. The van der Waals surface area contributed by atoms with Crippen molar-refractivity contribution in [3.8, 4) is 5.75 Å². The summed E-state index contributed by atoms with van der Waals surface area (Å²) in [5.74, 6) is 0.110. The fraction of sp³-hybridized carbons (Fsp3) is 0.682. The van der Waals surface area contributed by atoms with Crippen LogP contribution in [0.2, 0.25) is 0 Å². The first kappa shape index (κ1) is 18.9. The molecule has 7 heteroatoms. The molecule has 7 nitrogen and oxygen atoms in total. The predicted molar refractivity (Wildman–Crippen MR) is 105 cm³/mol. The third-order valence-electron chi connectivity index (χ3n) is 7.36. The van der Waals surface area contributed by atoms with E-state index in [9.17, 15) is 14.7 Å². The van der Waals surface area contributed by atoms with Gasteiger partial charge >= 0.3 is 0 Å². The summed E-state index contributed by atoms with van der Waals surface area (Å²) in [5.41, 5.74) is 1.05. The molecule has 1 aromatic heterocycles. The molecule has 2 spiro atoms. The second-order valence-corrected chi connectivity index (χ2v) is 9.62.